The maximum Gasteiger partial charge on any atom is 0.291 e. The fourth-order valence-corrected chi connectivity index (χ4v) is 2.51. The zero-order chi connectivity index (χ0) is 19.2. The molecule has 0 radical (unpaired) electrons. The molecule has 0 spiro atoms. The Morgan fingerprint density at radius 2 is 1.67 bits per heavy atom. The van der Waals surface area contributed by atoms with E-state index in [-0.39, 0.29) is 17.6 Å². The Morgan fingerprint density at radius 1 is 0.926 bits per heavy atom. The van der Waals surface area contributed by atoms with Crippen molar-refractivity contribution in [1.29, 1.82) is 0 Å². The summed E-state index contributed by atoms with van der Waals surface area (Å²) < 4.78 is 5.05. The second-order valence-electron chi connectivity index (χ2n) is 6.03. The molecule has 2 amide bonds. The topological polar surface area (TPSA) is 74.6 Å². The van der Waals surface area contributed by atoms with Crippen LogP contribution in [0.1, 0.15) is 27.8 Å². The van der Waals surface area contributed by atoms with E-state index in [1.165, 1.54) is 6.26 Å². The van der Waals surface area contributed by atoms with Gasteiger partial charge in [-0.2, -0.15) is 0 Å². The van der Waals surface area contributed by atoms with Gasteiger partial charge in [0, 0.05) is 36.2 Å². The summed E-state index contributed by atoms with van der Waals surface area (Å²) in [5.41, 5.74) is 2.85. The fraction of sp³-hybridized carbons (Fsp3) is 0.143. The number of amides is 2. The number of benzene rings is 2. The third-order valence-corrected chi connectivity index (χ3v) is 4.17. The molecular formula is C21H21N3O3. The maximum atomic E-state index is 12.5. The van der Waals surface area contributed by atoms with Crippen LogP contribution in [0.3, 0.4) is 0 Å². The maximum absolute atomic E-state index is 12.5. The molecule has 2 aromatic carbocycles. The van der Waals surface area contributed by atoms with E-state index in [1.54, 1.807) is 36.4 Å². The number of carbonyl (C=O) groups is 2. The molecule has 2 N–H and O–H groups in total. The van der Waals surface area contributed by atoms with Gasteiger partial charge in [-0.15, -0.1) is 0 Å². The third kappa shape index (κ3) is 4.55. The summed E-state index contributed by atoms with van der Waals surface area (Å²) in [5, 5.41) is 5.61. The molecular weight excluding hydrogens is 342 g/mol. The fourth-order valence-electron chi connectivity index (χ4n) is 2.51. The molecule has 6 nitrogen and oxygen atoms in total. The first-order valence-corrected chi connectivity index (χ1v) is 8.64. The highest BCUT2D eigenvalue weighted by atomic mass is 16.3. The summed E-state index contributed by atoms with van der Waals surface area (Å²) in [7, 11) is 2.00. The van der Waals surface area contributed by atoms with Gasteiger partial charge < -0.3 is 20.0 Å². The van der Waals surface area contributed by atoms with Crippen molar-refractivity contribution in [2.45, 2.75) is 6.92 Å². The Kier molecular flexibility index (Phi) is 5.56. The monoisotopic (exact) mass is 363 g/mol. The molecule has 1 aromatic heterocycles. The van der Waals surface area contributed by atoms with Crippen molar-refractivity contribution in [2.75, 3.05) is 29.1 Å². The van der Waals surface area contributed by atoms with Gasteiger partial charge >= 0.3 is 0 Å². The minimum atomic E-state index is -0.339. The predicted octanol–water partition coefficient (Wildman–Crippen LogP) is 4.24. The zero-order valence-electron chi connectivity index (χ0n) is 15.2. The number of carbonyl (C=O) groups excluding carboxylic acids is 2. The number of rotatable bonds is 6. The summed E-state index contributed by atoms with van der Waals surface area (Å²) in [4.78, 5) is 26.5. The first kappa shape index (κ1) is 18.3. The van der Waals surface area contributed by atoms with Crippen molar-refractivity contribution in [3.05, 3.63) is 78.3 Å². The standard InChI is InChI=1S/C21H21N3O3/c1-3-24(2)18-7-4-6-17(14-18)23-20(25)15-9-11-16(12-10-15)22-21(26)19-8-5-13-27-19/h4-14H,3H2,1-2H3,(H,22,26)(H,23,25). The summed E-state index contributed by atoms with van der Waals surface area (Å²) >= 11 is 0. The molecule has 0 unspecified atom stereocenters. The highest BCUT2D eigenvalue weighted by Gasteiger charge is 2.10. The highest BCUT2D eigenvalue weighted by molar-refractivity contribution is 6.05. The number of hydrogen-bond acceptors (Lipinski definition) is 4. The Balaban J connectivity index is 1.65. The first-order valence-electron chi connectivity index (χ1n) is 8.64. The van der Waals surface area contributed by atoms with Gasteiger partial charge in [0.15, 0.2) is 5.76 Å². The Hall–Kier alpha value is -3.54. The average Bonchev–Trinajstić information content (AvgIpc) is 3.23. The number of anilines is 3. The molecule has 138 valence electrons. The van der Waals surface area contributed by atoms with Crippen LogP contribution in [0.15, 0.2) is 71.3 Å². The molecule has 0 aliphatic carbocycles. The lowest BCUT2D eigenvalue weighted by molar-refractivity contribution is 0.0995. The Bertz CT molecular complexity index is 918. The van der Waals surface area contributed by atoms with Crippen molar-refractivity contribution < 1.29 is 14.0 Å². The van der Waals surface area contributed by atoms with Crippen LogP contribution in [-0.4, -0.2) is 25.4 Å². The summed E-state index contributed by atoms with van der Waals surface area (Å²) in [6.07, 6.45) is 1.44. The third-order valence-electron chi connectivity index (χ3n) is 4.17. The molecule has 27 heavy (non-hydrogen) atoms. The van der Waals surface area contributed by atoms with Gasteiger partial charge in [-0.25, -0.2) is 0 Å². The van der Waals surface area contributed by atoms with E-state index in [2.05, 4.69) is 22.5 Å². The molecule has 6 heteroatoms. The molecule has 3 rings (SSSR count). The van der Waals surface area contributed by atoms with Crippen molar-refractivity contribution in [2.24, 2.45) is 0 Å². The highest BCUT2D eigenvalue weighted by Crippen LogP contribution is 2.19. The second kappa shape index (κ2) is 8.23. The van der Waals surface area contributed by atoms with Crippen molar-refractivity contribution >= 4 is 28.9 Å². The van der Waals surface area contributed by atoms with E-state index in [0.717, 1.165) is 17.9 Å². The van der Waals surface area contributed by atoms with E-state index in [0.29, 0.717) is 11.3 Å². The minimum absolute atomic E-state index is 0.213. The van der Waals surface area contributed by atoms with E-state index in [4.69, 9.17) is 4.42 Å². The van der Waals surface area contributed by atoms with E-state index >= 15 is 0 Å². The molecule has 0 fully saturated rings. The normalized spacial score (nSPS) is 10.3. The van der Waals surface area contributed by atoms with Crippen LogP contribution in [0.2, 0.25) is 0 Å². The smallest absolute Gasteiger partial charge is 0.291 e. The molecule has 0 atom stereocenters. The second-order valence-corrected chi connectivity index (χ2v) is 6.03. The van der Waals surface area contributed by atoms with Crippen molar-refractivity contribution in [3.63, 3.8) is 0 Å². The predicted molar refractivity (Wildman–Crippen MR) is 106 cm³/mol. The number of nitrogens with one attached hydrogen (secondary N) is 2. The van der Waals surface area contributed by atoms with Crippen LogP contribution in [0.5, 0.6) is 0 Å². The average molecular weight is 363 g/mol. The molecule has 3 aromatic rings. The van der Waals surface area contributed by atoms with Crippen LogP contribution in [-0.2, 0) is 0 Å². The Labute approximate surface area is 157 Å². The number of furan rings is 1. The lowest BCUT2D eigenvalue weighted by Crippen LogP contribution is -2.17. The molecule has 0 saturated carbocycles. The first-order chi connectivity index (χ1) is 13.1. The van der Waals surface area contributed by atoms with Gasteiger partial charge in [0.25, 0.3) is 11.8 Å². The summed E-state index contributed by atoms with van der Waals surface area (Å²) in [6, 6.07) is 17.6. The van der Waals surface area contributed by atoms with Gasteiger partial charge in [-0.05, 0) is 61.5 Å². The van der Waals surface area contributed by atoms with Crippen LogP contribution >= 0.6 is 0 Å². The molecule has 0 bridgehead atoms. The van der Waals surface area contributed by atoms with Gasteiger partial charge in [-0.1, -0.05) is 6.07 Å². The molecule has 1 heterocycles. The SMILES string of the molecule is CCN(C)c1cccc(NC(=O)c2ccc(NC(=O)c3ccco3)cc2)c1. The Morgan fingerprint density at radius 3 is 2.33 bits per heavy atom. The van der Waals surface area contributed by atoms with Crippen LogP contribution in [0.4, 0.5) is 17.1 Å². The van der Waals surface area contributed by atoms with Gasteiger partial charge in [0.05, 0.1) is 6.26 Å². The van der Waals surface area contributed by atoms with E-state index in [9.17, 15) is 9.59 Å². The van der Waals surface area contributed by atoms with Crippen LogP contribution in [0.25, 0.3) is 0 Å². The van der Waals surface area contributed by atoms with E-state index < -0.39 is 0 Å². The summed E-state index contributed by atoms with van der Waals surface area (Å²) in [5.74, 6) is -0.321. The van der Waals surface area contributed by atoms with E-state index in [1.807, 2.05) is 31.3 Å². The zero-order valence-corrected chi connectivity index (χ0v) is 15.2. The molecule has 0 aliphatic rings. The lowest BCUT2D eigenvalue weighted by Gasteiger charge is -2.17. The van der Waals surface area contributed by atoms with Crippen LogP contribution < -0.4 is 15.5 Å². The largest absolute Gasteiger partial charge is 0.459 e. The quantitative estimate of drug-likeness (QED) is 0.687. The molecule has 0 aliphatic heterocycles. The lowest BCUT2D eigenvalue weighted by atomic mass is 10.2. The van der Waals surface area contributed by atoms with Crippen LogP contribution in [0, 0.1) is 0 Å². The number of nitrogens with zero attached hydrogens (tertiary/aromatic N) is 1. The minimum Gasteiger partial charge on any atom is -0.459 e. The van der Waals surface area contributed by atoms with Crippen molar-refractivity contribution in [3.8, 4) is 0 Å². The number of hydrogen-bond donors (Lipinski definition) is 2. The molecule has 0 saturated heterocycles. The van der Waals surface area contributed by atoms with Crippen molar-refractivity contribution in [1.82, 2.24) is 0 Å². The van der Waals surface area contributed by atoms with Gasteiger partial charge in [0.1, 0.15) is 0 Å². The van der Waals surface area contributed by atoms with Gasteiger partial charge in [0.2, 0.25) is 0 Å². The summed E-state index contributed by atoms with van der Waals surface area (Å²) in [6.45, 7) is 2.94. The van der Waals surface area contributed by atoms with Gasteiger partial charge in [-0.3, -0.25) is 9.59 Å².